The Morgan fingerprint density at radius 2 is 1.65 bits per heavy atom. The van der Waals surface area contributed by atoms with Crippen molar-refractivity contribution < 1.29 is 14.5 Å². The molecule has 5 heteroatoms. The maximum atomic E-state index is 12.4. The SMILES string of the molecule is Cc1cc(C(C)(C)C)cc(C)c1COC(=O)c1cccc(C)c1[N+](=O)[O-]. The van der Waals surface area contributed by atoms with Crippen LogP contribution < -0.4 is 0 Å². The van der Waals surface area contributed by atoms with Crippen LogP contribution in [0.1, 0.15) is 58.9 Å². The van der Waals surface area contributed by atoms with E-state index in [2.05, 4.69) is 32.9 Å². The highest BCUT2D eigenvalue weighted by molar-refractivity contribution is 5.94. The van der Waals surface area contributed by atoms with Gasteiger partial charge in [0.05, 0.1) is 4.92 Å². The smallest absolute Gasteiger partial charge is 0.345 e. The summed E-state index contributed by atoms with van der Waals surface area (Å²) in [4.78, 5) is 23.1. The van der Waals surface area contributed by atoms with Crippen LogP contribution in [0, 0.1) is 30.9 Å². The first-order valence-electron chi connectivity index (χ1n) is 8.54. The lowest BCUT2D eigenvalue weighted by Gasteiger charge is -2.22. The molecular weight excluding hydrogens is 330 g/mol. The van der Waals surface area contributed by atoms with Crippen molar-refractivity contribution in [1.82, 2.24) is 0 Å². The molecule has 0 spiro atoms. The fourth-order valence-electron chi connectivity index (χ4n) is 2.94. The van der Waals surface area contributed by atoms with Gasteiger partial charge < -0.3 is 4.74 Å². The van der Waals surface area contributed by atoms with Crippen LogP contribution >= 0.6 is 0 Å². The van der Waals surface area contributed by atoms with Gasteiger partial charge in [-0.1, -0.05) is 45.0 Å². The van der Waals surface area contributed by atoms with Crippen molar-refractivity contribution >= 4 is 11.7 Å². The topological polar surface area (TPSA) is 69.4 Å². The molecule has 0 aromatic heterocycles. The Labute approximate surface area is 154 Å². The molecule has 0 atom stereocenters. The molecule has 138 valence electrons. The van der Waals surface area contributed by atoms with E-state index < -0.39 is 10.9 Å². The monoisotopic (exact) mass is 355 g/mol. The molecule has 0 amide bonds. The first kappa shape index (κ1) is 19.6. The van der Waals surface area contributed by atoms with Gasteiger partial charge in [0.15, 0.2) is 0 Å². The summed E-state index contributed by atoms with van der Waals surface area (Å²) >= 11 is 0. The summed E-state index contributed by atoms with van der Waals surface area (Å²) in [6.07, 6.45) is 0. The minimum absolute atomic E-state index is 0.0170. The van der Waals surface area contributed by atoms with E-state index in [0.29, 0.717) is 5.56 Å². The number of hydrogen-bond donors (Lipinski definition) is 0. The van der Waals surface area contributed by atoms with Crippen molar-refractivity contribution in [3.05, 3.63) is 73.8 Å². The zero-order chi connectivity index (χ0) is 19.6. The first-order valence-corrected chi connectivity index (χ1v) is 8.54. The maximum absolute atomic E-state index is 12.4. The van der Waals surface area contributed by atoms with Gasteiger partial charge in [-0.05, 0) is 54.5 Å². The molecule has 0 saturated heterocycles. The fourth-order valence-corrected chi connectivity index (χ4v) is 2.94. The highest BCUT2D eigenvalue weighted by Gasteiger charge is 2.24. The van der Waals surface area contributed by atoms with E-state index in [1.165, 1.54) is 11.6 Å². The van der Waals surface area contributed by atoms with Crippen molar-refractivity contribution in [2.75, 3.05) is 0 Å². The van der Waals surface area contributed by atoms with Crippen LogP contribution in [0.5, 0.6) is 0 Å². The molecule has 0 aliphatic carbocycles. The molecule has 2 rings (SSSR count). The summed E-state index contributed by atoms with van der Waals surface area (Å²) in [7, 11) is 0. The molecule has 0 aliphatic rings. The average Bonchev–Trinajstić information content (AvgIpc) is 2.52. The maximum Gasteiger partial charge on any atom is 0.345 e. The van der Waals surface area contributed by atoms with Gasteiger partial charge in [-0.25, -0.2) is 4.79 Å². The summed E-state index contributed by atoms with van der Waals surface area (Å²) in [6, 6.07) is 8.86. The summed E-state index contributed by atoms with van der Waals surface area (Å²) in [5.74, 6) is -0.681. The minimum Gasteiger partial charge on any atom is -0.457 e. The Kier molecular flexibility index (Phi) is 5.50. The predicted molar refractivity (Wildman–Crippen MR) is 102 cm³/mol. The number of benzene rings is 2. The van der Waals surface area contributed by atoms with Gasteiger partial charge in [0.1, 0.15) is 12.2 Å². The van der Waals surface area contributed by atoms with Gasteiger partial charge in [0.25, 0.3) is 5.69 Å². The van der Waals surface area contributed by atoms with Crippen LogP contribution in [0.3, 0.4) is 0 Å². The van der Waals surface area contributed by atoms with E-state index in [0.717, 1.165) is 16.7 Å². The van der Waals surface area contributed by atoms with Crippen LogP contribution in [0.25, 0.3) is 0 Å². The minimum atomic E-state index is -0.681. The van der Waals surface area contributed by atoms with Crippen LogP contribution in [0.4, 0.5) is 5.69 Å². The van der Waals surface area contributed by atoms with Gasteiger partial charge in [0.2, 0.25) is 0 Å². The number of aryl methyl sites for hydroxylation is 3. The van der Waals surface area contributed by atoms with Gasteiger partial charge in [-0.3, -0.25) is 10.1 Å². The van der Waals surface area contributed by atoms with Crippen LogP contribution in [-0.4, -0.2) is 10.9 Å². The number of rotatable bonds is 4. The average molecular weight is 355 g/mol. The predicted octanol–water partition coefficient (Wildman–Crippen LogP) is 5.17. The van der Waals surface area contributed by atoms with E-state index in [9.17, 15) is 14.9 Å². The molecule has 0 N–H and O–H groups in total. The van der Waals surface area contributed by atoms with E-state index >= 15 is 0 Å². The van der Waals surface area contributed by atoms with Crippen LogP contribution in [-0.2, 0) is 16.8 Å². The van der Waals surface area contributed by atoms with Crippen molar-refractivity contribution in [2.24, 2.45) is 0 Å². The Morgan fingerprint density at radius 1 is 1.08 bits per heavy atom. The van der Waals surface area contributed by atoms with E-state index in [4.69, 9.17) is 4.74 Å². The zero-order valence-electron chi connectivity index (χ0n) is 16.2. The molecule has 0 fully saturated rings. The second kappa shape index (κ2) is 7.28. The van der Waals surface area contributed by atoms with Crippen LogP contribution in [0.2, 0.25) is 0 Å². The molecule has 2 aromatic rings. The molecule has 0 radical (unpaired) electrons. The summed E-state index contributed by atoms with van der Waals surface area (Å²) in [6.45, 7) is 12.1. The van der Waals surface area contributed by atoms with Gasteiger partial charge in [-0.15, -0.1) is 0 Å². The molecule has 0 aliphatic heterocycles. The second-order valence-corrected chi connectivity index (χ2v) is 7.64. The lowest BCUT2D eigenvalue weighted by atomic mass is 9.84. The Balaban J connectivity index is 2.26. The molecule has 0 bridgehead atoms. The number of esters is 1. The lowest BCUT2D eigenvalue weighted by molar-refractivity contribution is -0.385. The zero-order valence-corrected chi connectivity index (χ0v) is 16.2. The number of ether oxygens (including phenoxy) is 1. The third-order valence-corrected chi connectivity index (χ3v) is 4.55. The third kappa shape index (κ3) is 4.10. The molecule has 5 nitrogen and oxygen atoms in total. The van der Waals surface area contributed by atoms with Crippen molar-refractivity contribution in [2.45, 2.75) is 53.6 Å². The molecule has 2 aromatic carbocycles. The number of nitrogens with zero attached hydrogens (tertiary/aromatic N) is 1. The number of hydrogen-bond acceptors (Lipinski definition) is 4. The summed E-state index contributed by atoms with van der Waals surface area (Å²) in [5.41, 5.74) is 4.49. The number of carbonyl (C=O) groups excluding carboxylic acids is 1. The fraction of sp³-hybridized carbons (Fsp3) is 0.381. The van der Waals surface area contributed by atoms with Crippen molar-refractivity contribution in [1.29, 1.82) is 0 Å². The van der Waals surface area contributed by atoms with Crippen molar-refractivity contribution in [3.63, 3.8) is 0 Å². The van der Waals surface area contributed by atoms with Crippen LogP contribution in [0.15, 0.2) is 30.3 Å². The van der Waals surface area contributed by atoms with E-state index in [1.807, 2.05) is 13.8 Å². The number of para-hydroxylation sites is 1. The molecule has 26 heavy (non-hydrogen) atoms. The lowest BCUT2D eigenvalue weighted by Crippen LogP contribution is -2.14. The van der Waals surface area contributed by atoms with E-state index in [-0.39, 0.29) is 23.3 Å². The summed E-state index contributed by atoms with van der Waals surface area (Å²) in [5, 5.41) is 11.3. The second-order valence-electron chi connectivity index (χ2n) is 7.64. The molecule has 0 heterocycles. The highest BCUT2D eigenvalue weighted by atomic mass is 16.6. The normalized spacial score (nSPS) is 11.3. The van der Waals surface area contributed by atoms with Crippen molar-refractivity contribution in [3.8, 4) is 0 Å². The number of nitro benzene ring substituents is 1. The molecule has 0 saturated carbocycles. The highest BCUT2D eigenvalue weighted by Crippen LogP contribution is 2.28. The third-order valence-electron chi connectivity index (χ3n) is 4.55. The first-order chi connectivity index (χ1) is 12.0. The largest absolute Gasteiger partial charge is 0.457 e. The summed E-state index contributed by atoms with van der Waals surface area (Å²) < 4.78 is 5.40. The Hall–Kier alpha value is -2.69. The standard InChI is InChI=1S/C21H25NO4/c1-13-8-7-9-17(19(13)22(24)25)20(23)26-12-18-14(2)10-16(11-15(18)3)21(4,5)6/h7-11H,12H2,1-6H3. The Bertz CT molecular complexity index is 840. The molecule has 0 unspecified atom stereocenters. The van der Waals surface area contributed by atoms with Gasteiger partial charge in [-0.2, -0.15) is 0 Å². The number of nitro groups is 1. The number of carbonyl (C=O) groups is 1. The Morgan fingerprint density at radius 3 is 2.15 bits per heavy atom. The van der Waals surface area contributed by atoms with E-state index in [1.54, 1.807) is 19.1 Å². The van der Waals surface area contributed by atoms with Gasteiger partial charge >= 0.3 is 5.97 Å². The quantitative estimate of drug-likeness (QED) is 0.431. The molecular formula is C21H25NO4. The van der Waals surface area contributed by atoms with Gasteiger partial charge in [0, 0.05) is 5.56 Å².